The summed E-state index contributed by atoms with van der Waals surface area (Å²) in [6.07, 6.45) is 2.22. The SMILES string of the molecule is CC(Cl)C(=O)N1CC2CCC2(N)C1. The van der Waals surface area contributed by atoms with E-state index in [9.17, 15) is 4.79 Å². The van der Waals surface area contributed by atoms with Crippen LogP contribution in [0.15, 0.2) is 0 Å². The Balaban J connectivity index is 2.02. The van der Waals surface area contributed by atoms with E-state index in [1.54, 1.807) is 6.92 Å². The van der Waals surface area contributed by atoms with Gasteiger partial charge in [0, 0.05) is 18.6 Å². The number of alkyl halides is 1. The van der Waals surface area contributed by atoms with Crippen LogP contribution in [0.4, 0.5) is 0 Å². The highest BCUT2D eigenvalue weighted by Gasteiger charge is 2.51. The number of likely N-dealkylation sites (tertiary alicyclic amines) is 1. The molecule has 2 N–H and O–H groups in total. The van der Waals surface area contributed by atoms with Gasteiger partial charge in [-0.15, -0.1) is 11.6 Å². The van der Waals surface area contributed by atoms with Crippen LogP contribution in [0.5, 0.6) is 0 Å². The smallest absolute Gasteiger partial charge is 0.240 e. The van der Waals surface area contributed by atoms with Gasteiger partial charge in [-0.25, -0.2) is 0 Å². The number of nitrogens with two attached hydrogens (primary N) is 1. The van der Waals surface area contributed by atoms with E-state index < -0.39 is 5.38 Å². The van der Waals surface area contributed by atoms with Crippen LogP contribution in [0.2, 0.25) is 0 Å². The molecule has 0 aromatic heterocycles. The maximum atomic E-state index is 11.5. The number of fused-ring (bicyclic) bond motifs is 1. The number of carbonyl (C=O) groups is 1. The monoisotopic (exact) mass is 202 g/mol. The summed E-state index contributed by atoms with van der Waals surface area (Å²) in [7, 11) is 0. The first-order chi connectivity index (χ1) is 6.03. The minimum atomic E-state index is -0.416. The zero-order valence-corrected chi connectivity index (χ0v) is 8.55. The van der Waals surface area contributed by atoms with E-state index in [-0.39, 0.29) is 11.4 Å². The minimum Gasteiger partial charge on any atom is -0.339 e. The molecule has 4 heteroatoms. The number of carbonyl (C=O) groups excluding carboxylic acids is 1. The molecule has 3 atom stereocenters. The average molecular weight is 203 g/mol. The lowest BCUT2D eigenvalue weighted by Crippen LogP contribution is -2.54. The molecule has 1 saturated carbocycles. The second-order valence-corrected chi connectivity index (χ2v) is 4.96. The highest BCUT2D eigenvalue weighted by molar-refractivity contribution is 6.30. The summed E-state index contributed by atoms with van der Waals surface area (Å²) in [5, 5.41) is -0.416. The summed E-state index contributed by atoms with van der Waals surface area (Å²) in [4.78, 5) is 13.4. The molecule has 0 spiro atoms. The first kappa shape index (κ1) is 9.28. The summed E-state index contributed by atoms with van der Waals surface area (Å²) in [5.41, 5.74) is 6.02. The van der Waals surface area contributed by atoms with Crippen molar-refractivity contribution >= 4 is 17.5 Å². The van der Waals surface area contributed by atoms with Crippen LogP contribution in [-0.2, 0) is 4.79 Å². The molecule has 0 bridgehead atoms. The predicted molar refractivity (Wildman–Crippen MR) is 51.5 cm³/mol. The lowest BCUT2D eigenvalue weighted by atomic mass is 9.70. The molecule has 1 amide bonds. The molecule has 2 aliphatic rings. The molecule has 2 rings (SSSR count). The average Bonchev–Trinajstić information content (AvgIpc) is 2.28. The van der Waals surface area contributed by atoms with Crippen LogP contribution < -0.4 is 5.73 Å². The predicted octanol–water partition coefficient (Wildman–Crippen LogP) is 0.563. The molecule has 0 aromatic carbocycles. The van der Waals surface area contributed by atoms with Crippen LogP contribution >= 0.6 is 11.6 Å². The van der Waals surface area contributed by atoms with E-state index in [0.717, 1.165) is 19.4 Å². The highest BCUT2D eigenvalue weighted by Crippen LogP contribution is 2.42. The normalized spacial score (nSPS) is 39.6. The molecule has 0 aromatic rings. The van der Waals surface area contributed by atoms with E-state index in [1.165, 1.54) is 0 Å². The Hall–Kier alpha value is -0.280. The first-order valence-corrected chi connectivity index (χ1v) is 5.18. The maximum Gasteiger partial charge on any atom is 0.240 e. The van der Waals surface area contributed by atoms with E-state index in [0.29, 0.717) is 12.5 Å². The number of rotatable bonds is 1. The minimum absolute atomic E-state index is 0.0286. The summed E-state index contributed by atoms with van der Waals surface area (Å²) in [6, 6.07) is 0. The molecule has 3 unspecified atom stereocenters. The molecular weight excluding hydrogens is 188 g/mol. The summed E-state index contributed by atoms with van der Waals surface area (Å²) in [5.74, 6) is 0.549. The summed E-state index contributed by atoms with van der Waals surface area (Å²) in [6.45, 7) is 3.23. The third-order valence-electron chi connectivity index (χ3n) is 3.35. The van der Waals surface area contributed by atoms with Crippen LogP contribution in [0.1, 0.15) is 19.8 Å². The Morgan fingerprint density at radius 2 is 2.46 bits per heavy atom. The molecule has 2 fully saturated rings. The molecule has 1 aliphatic carbocycles. The summed E-state index contributed by atoms with van der Waals surface area (Å²) < 4.78 is 0. The van der Waals surface area contributed by atoms with Crippen LogP contribution in [-0.4, -0.2) is 34.8 Å². The number of halogens is 1. The van der Waals surface area contributed by atoms with Crippen molar-refractivity contribution in [3.63, 3.8) is 0 Å². The quantitative estimate of drug-likeness (QED) is 0.632. The van der Waals surface area contributed by atoms with E-state index >= 15 is 0 Å². The molecule has 13 heavy (non-hydrogen) atoms. The molecule has 1 saturated heterocycles. The molecule has 1 heterocycles. The van der Waals surface area contributed by atoms with Gasteiger partial charge in [0.05, 0.1) is 0 Å². The van der Waals surface area contributed by atoms with Gasteiger partial charge in [-0.05, 0) is 25.7 Å². The van der Waals surface area contributed by atoms with Crippen molar-refractivity contribution in [3.05, 3.63) is 0 Å². The third kappa shape index (κ3) is 1.34. The van der Waals surface area contributed by atoms with Crippen molar-refractivity contribution in [2.75, 3.05) is 13.1 Å². The highest BCUT2D eigenvalue weighted by atomic mass is 35.5. The fourth-order valence-corrected chi connectivity index (χ4v) is 2.44. The molecular formula is C9H15ClN2O. The lowest BCUT2D eigenvalue weighted by Gasteiger charge is -2.39. The maximum absolute atomic E-state index is 11.5. The Kier molecular flexibility index (Phi) is 2.04. The number of amides is 1. The Labute approximate surface area is 83.2 Å². The topological polar surface area (TPSA) is 46.3 Å². The lowest BCUT2D eigenvalue weighted by molar-refractivity contribution is -0.129. The van der Waals surface area contributed by atoms with Crippen LogP contribution in [0, 0.1) is 5.92 Å². The number of hydrogen-bond donors (Lipinski definition) is 1. The molecule has 3 nitrogen and oxygen atoms in total. The van der Waals surface area contributed by atoms with Crippen LogP contribution in [0.25, 0.3) is 0 Å². The zero-order valence-electron chi connectivity index (χ0n) is 7.79. The van der Waals surface area contributed by atoms with Gasteiger partial charge in [0.2, 0.25) is 5.91 Å². The Morgan fingerprint density at radius 1 is 1.77 bits per heavy atom. The number of hydrogen-bond acceptors (Lipinski definition) is 2. The second-order valence-electron chi connectivity index (χ2n) is 4.30. The van der Waals surface area contributed by atoms with Gasteiger partial charge in [-0.2, -0.15) is 0 Å². The summed E-state index contributed by atoms with van der Waals surface area (Å²) >= 11 is 5.74. The first-order valence-electron chi connectivity index (χ1n) is 4.75. The van der Waals surface area contributed by atoms with Crippen molar-refractivity contribution < 1.29 is 4.79 Å². The van der Waals surface area contributed by atoms with Crippen molar-refractivity contribution in [3.8, 4) is 0 Å². The van der Waals surface area contributed by atoms with E-state index in [1.807, 2.05) is 4.90 Å². The van der Waals surface area contributed by atoms with Gasteiger partial charge >= 0.3 is 0 Å². The standard InChI is InChI=1S/C9H15ClN2O/c1-6(10)8(13)12-4-7-2-3-9(7,11)5-12/h6-7H,2-5,11H2,1H3. The third-order valence-corrected chi connectivity index (χ3v) is 3.54. The fraction of sp³-hybridized carbons (Fsp3) is 0.889. The zero-order chi connectivity index (χ0) is 9.64. The Bertz CT molecular complexity index is 244. The van der Waals surface area contributed by atoms with E-state index in [2.05, 4.69) is 0 Å². The van der Waals surface area contributed by atoms with Gasteiger partial charge in [0.1, 0.15) is 5.38 Å². The second kappa shape index (κ2) is 2.85. The van der Waals surface area contributed by atoms with Crippen molar-refractivity contribution in [2.45, 2.75) is 30.7 Å². The van der Waals surface area contributed by atoms with Gasteiger partial charge in [-0.1, -0.05) is 0 Å². The van der Waals surface area contributed by atoms with Crippen molar-refractivity contribution in [2.24, 2.45) is 11.7 Å². The van der Waals surface area contributed by atoms with Crippen molar-refractivity contribution in [1.82, 2.24) is 4.90 Å². The number of nitrogens with zero attached hydrogens (tertiary/aromatic N) is 1. The van der Waals surface area contributed by atoms with E-state index in [4.69, 9.17) is 17.3 Å². The Morgan fingerprint density at radius 3 is 2.77 bits per heavy atom. The van der Waals surface area contributed by atoms with Gasteiger partial charge in [0.25, 0.3) is 0 Å². The largest absolute Gasteiger partial charge is 0.339 e. The van der Waals surface area contributed by atoms with Gasteiger partial charge in [-0.3, -0.25) is 4.79 Å². The van der Waals surface area contributed by atoms with Gasteiger partial charge in [0.15, 0.2) is 0 Å². The molecule has 74 valence electrons. The fourth-order valence-electron chi connectivity index (χ4n) is 2.31. The van der Waals surface area contributed by atoms with Crippen molar-refractivity contribution in [1.29, 1.82) is 0 Å². The van der Waals surface area contributed by atoms with Gasteiger partial charge < -0.3 is 10.6 Å². The molecule has 0 radical (unpaired) electrons. The molecule has 1 aliphatic heterocycles. The van der Waals surface area contributed by atoms with Crippen LogP contribution in [0.3, 0.4) is 0 Å².